The van der Waals surface area contributed by atoms with Gasteiger partial charge in [0.1, 0.15) is 0 Å². The second-order valence-electron chi connectivity index (χ2n) is 6.45. The zero-order valence-corrected chi connectivity index (χ0v) is 15.3. The van der Waals surface area contributed by atoms with Gasteiger partial charge in [-0.05, 0) is 52.7 Å². The lowest BCUT2D eigenvalue weighted by Gasteiger charge is -2.12. The molecule has 1 heterocycles. The fourth-order valence-corrected chi connectivity index (χ4v) is 3.53. The normalized spacial score (nSPS) is 17.2. The standard InChI is InChI=1S/C21H21N3OS/c26-21(22-13-17-8-5-11-25-17)24-23-14-20-18-9-3-1-6-15(18)12-16-7-2-4-10-19(16)20/h1-4,6-7,9-10,12,14,17H,5,8,11,13H2,(H2,22,24,26)/b23-14-/t17-/m1/s1. The molecule has 1 aliphatic heterocycles. The Bertz CT molecular complexity index is 910. The Morgan fingerprint density at radius 1 is 1.12 bits per heavy atom. The Labute approximate surface area is 158 Å². The van der Waals surface area contributed by atoms with Gasteiger partial charge in [0.25, 0.3) is 0 Å². The van der Waals surface area contributed by atoms with E-state index in [4.69, 9.17) is 17.0 Å². The van der Waals surface area contributed by atoms with Gasteiger partial charge in [-0.25, -0.2) is 0 Å². The van der Waals surface area contributed by atoms with Crippen molar-refractivity contribution in [2.24, 2.45) is 5.10 Å². The highest BCUT2D eigenvalue weighted by Gasteiger charge is 2.15. The highest BCUT2D eigenvalue weighted by atomic mass is 32.1. The maximum atomic E-state index is 5.59. The van der Waals surface area contributed by atoms with Crippen LogP contribution in [-0.2, 0) is 4.74 Å². The average molecular weight is 363 g/mol. The summed E-state index contributed by atoms with van der Waals surface area (Å²) in [4.78, 5) is 0. The van der Waals surface area contributed by atoms with Crippen LogP contribution in [0.25, 0.3) is 21.5 Å². The first-order chi connectivity index (χ1) is 12.8. The first kappa shape index (κ1) is 16.9. The smallest absolute Gasteiger partial charge is 0.187 e. The van der Waals surface area contributed by atoms with Gasteiger partial charge < -0.3 is 10.1 Å². The Morgan fingerprint density at radius 3 is 2.46 bits per heavy atom. The van der Waals surface area contributed by atoms with Crippen LogP contribution in [0.2, 0.25) is 0 Å². The summed E-state index contributed by atoms with van der Waals surface area (Å²) in [6.07, 6.45) is 4.31. The van der Waals surface area contributed by atoms with Crippen LogP contribution in [0.15, 0.2) is 59.7 Å². The number of rotatable bonds is 4. The van der Waals surface area contributed by atoms with Crippen molar-refractivity contribution in [3.63, 3.8) is 0 Å². The third kappa shape index (κ3) is 3.69. The van der Waals surface area contributed by atoms with E-state index in [2.05, 4.69) is 70.4 Å². The summed E-state index contributed by atoms with van der Waals surface area (Å²) >= 11 is 5.30. The minimum atomic E-state index is 0.251. The number of hydrazone groups is 1. The summed E-state index contributed by atoms with van der Waals surface area (Å²) in [5, 5.41) is 12.8. The fourth-order valence-electron chi connectivity index (χ4n) is 3.39. The molecular formula is C21H21N3OS. The van der Waals surface area contributed by atoms with Gasteiger partial charge in [0.15, 0.2) is 5.11 Å². The number of nitrogens with one attached hydrogen (secondary N) is 2. The van der Waals surface area contributed by atoms with E-state index in [0.717, 1.165) is 31.6 Å². The van der Waals surface area contributed by atoms with Crippen molar-refractivity contribution in [1.29, 1.82) is 0 Å². The number of benzene rings is 3. The highest BCUT2D eigenvalue weighted by molar-refractivity contribution is 7.80. The molecule has 5 heteroatoms. The summed E-state index contributed by atoms with van der Waals surface area (Å²) in [5.41, 5.74) is 4.01. The predicted molar refractivity (Wildman–Crippen MR) is 112 cm³/mol. The summed E-state index contributed by atoms with van der Waals surface area (Å²) < 4.78 is 5.59. The molecule has 26 heavy (non-hydrogen) atoms. The molecule has 0 aliphatic carbocycles. The van der Waals surface area contributed by atoms with Gasteiger partial charge in [0.05, 0.1) is 12.3 Å². The van der Waals surface area contributed by atoms with Gasteiger partial charge in [-0.3, -0.25) is 5.43 Å². The van der Waals surface area contributed by atoms with Crippen LogP contribution in [0.1, 0.15) is 18.4 Å². The van der Waals surface area contributed by atoms with Gasteiger partial charge >= 0.3 is 0 Å². The number of hydrogen-bond donors (Lipinski definition) is 2. The molecule has 1 atom stereocenters. The van der Waals surface area contributed by atoms with Crippen LogP contribution in [-0.4, -0.2) is 30.6 Å². The van der Waals surface area contributed by atoms with Crippen molar-refractivity contribution >= 4 is 45.1 Å². The summed E-state index contributed by atoms with van der Waals surface area (Å²) in [5.74, 6) is 0. The SMILES string of the molecule is S=C(NC[C@H]1CCCO1)N/N=C\c1c2ccccc2cc2ccccc12. The van der Waals surface area contributed by atoms with E-state index in [1.54, 1.807) is 0 Å². The van der Waals surface area contributed by atoms with Crippen molar-refractivity contribution in [1.82, 2.24) is 10.7 Å². The average Bonchev–Trinajstić information content (AvgIpc) is 3.19. The van der Waals surface area contributed by atoms with Crippen LogP contribution in [0.5, 0.6) is 0 Å². The van der Waals surface area contributed by atoms with E-state index in [1.807, 2.05) is 6.21 Å². The molecule has 2 N–H and O–H groups in total. The molecule has 132 valence electrons. The van der Waals surface area contributed by atoms with E-state index in [9.17, 15) is 0 Å². The lowest BCUT2D eigenvalue weighted by Crippen LogP contribution is -2.37. The molecule has 0 radical (unpaired) electrons. The number of thiocarbonyl (C=S) groups is 1. The molecule has 1 saturated heterocycles. The maximum Gasteiger partial charge on any atom is 0.187 e. The molecule has 0 saturated carbocycles. The quantitative estimate of drug-likeness (QED) is 0.319. The summed E-state index contributed by atoms with van der Waals surface area (Å²) in [6.45, 7) is 1.57. The van der Waals surface area contributed by atoms with Crippen molar-refractivity contribution in [3.05, 3.63) is 60.2 Å². The summed E-state index contributed by atoms with van der Waals surface area (Å²) in [6, 6.07) is 18.9. The molecular weight excluding hydrogens is 342 g/mol. The molecule has 0 aromatic heterocycles. The number of ether oxygens (including phenoxy) is 1. The summed E-state index contributed by atoms with van der Waals surface area (Å²) in [7, 11) is 0. The largest absolute Gasteiger partial charge is 0.376 e. The number of nitrogens with zero attached hydrogens (tertiary/aromatic N) is 1. The zero-order chi connectivity index (χ0) is 17.8. The Kier molecular flexibility index (Phi) is 5.09. The van der Waals surface area contributed by atoms with Crippen LogP contribution < -0.4 is 10.7 Å². The van der Waals surface area contributed by atoms with Crippen molar-refractivity contribution < 1.29 is 4.74 Å². The highest BCUT2D eigenvalue weighted by Crippen LogP contribution is 2.27. The van der Waals surface area contributed by atoms with Gasteiger partial charge in [-0.2, -0.15) is 5.10 Å². The molecule has 3 aromatic carbocycles. The van der Waals surface area contributed by atoms with Gasteiger partial charge in [-0.15, -0.1) is 0 Å². The minimum absolute atomic E-state index is 0.251. The van der Waals surface area contributed by atoms with E-state index in [-0.39, 0.29) is 6.10 Å². The van der Waals surface area contributed by atoms with Gasteiger partial charge in [0.2, 0.25) is 0 Å². The van der Waals surface area contributed by atoms with E-state index >= 15 is 0 Å². The lowest BCUT2D eigenvalue weighted by molar-refractivity contribution is 0.114. The zero-order valence-electron chi connectivity index (χ0n) is 14.4. The first-order valence-corrected chi connectivity index (χ1v) is 9.31. The molecule has 3 aromatic rings. The minimum Gasteiger partial charge on any atom is -0.376 e. The molecule has 4 nitrogen and oxygen atoms in total. The van der Waals surface area contributed by atoms with E-state index < -0.39 is 0 Å². The van der Waals surface area contributed by atoms with Gasteiger partial charge in [0, 0.05) is 18.7 Å². The topological polar surface area (TPSA) is 45.6 Å². The van der Waals surface area contributed by atoms with Crippen LogP contribution >= 0.6 is 12.2 Å². The third-order valence-corrected chi connectivity index (χ3v) is 4.92. The molecule has 4 rings (SSSR count). The van der Waals surface area contributed by atoms with Gasteiger partial charge in [-0.1, -0.05) is 48.5 Å². The fraction of sp³-hybridized carbons (Fsp3) is 0.238. The molecule has 1 aliphatic rings. The molecule has 0 bridgehead atoms. The Hall–Kier alpha value is -2.50. The Balaban J connectivity index is 1.53. The number of hydrogen-bond acceptors (Lipinski definition) is 3. The van der Waals surface area contributed by atoms with E-state index in [1.165, 1.54) is 21.5 Å². The predicted octanol–water partition coefficient (Wildman–Crippen LogP) is 3.97. The van der Waals surface area contributed by atoms with Crippen molar-refractivity contribution in [2.45, 2.75) is 18.9 Å². The van der Waals surface area contributed by atoms with Crippen molar-refractivity contribution in [2.75, 3.05) is 13.2 Å². The van der Waals surface area contributed by atoms with E-state index in [0.29, 0.717) is 5.11 Å². The van der Waals surface area contributed by atoms with Crippen LogP contribution in [0, 0.1) is 0 Å². The second-order valence-corrected chi connectivity index (χ2v) is 6.86. The molecule has 0 spiro atoms. The first-order valence-electron chi connectivity index (χ1n) is 8.90. The van der Waals surface area contributed by atoms with Crippen molar-refractivity contribution in [3.8, 4) is 0 Å². The van der Waals surface area contributed by atoms with Crippen LogP contribution in [0.3, 0.4) is 0 Å². The monoisotopic (exact) mass is 363 g/mol. The Morgan fingerprint density at radius 2 is 1.81 bits per heavy atom. The number of fused-ring (bicyclic) bond motifs is 2. The molecule has 0 amide bonds. The third-order valence-electron chi connectivity index (χ3n) is 4.69. The molecule has 1 fully saturated rings. The second kappa shape index (κ2) is 7.81. The maximum absolute atomic E-state index is 5.59. The van der Waals surface area contributed by atoms with Crippen LogP contribution in [0.4, 0.5) is 0 Å². The lowest BCUT2D eigenvalue weighted by atomic mass is 9.97. The molecule has 0 unspecified atom stereocenters.